The summed E-state index contributed by atoms with van der Waals surface area (Å²) in [5.74, 6) is 0.282. The number of benzene rings is 3. The molecule has 18 heteroatoms. The normalized spacial score (nSPS) is 10.8. The van der Waals surface area contributed by atoms with E-state index < -0.39 is 33.4 Å². The number of aromatic nitrogens is 9. The zero-order chi connectivity index (χ0) is 44.9. The van der Waals surface area contributed by atoms with Gasteiger partial charge in [-0.1, -0.05) is 18.2 Å². The predicted molar refractivity (Wildman–Crippen MR) is 242 cm³/mol. The van der Waals surface area contributed by atoms with Crippen LogP contribution in [-0.2, 0) is 0 Å². The van der Waals surface area contributed by atoms with Crippen molar-refractivity contribution < 1.29 is 14.2 Å². The molecule has 0 fully saturated rings. The molecule has 3 aromatic carbocycles. The van der Waals surface area contributed by atoms with Crippen LogP contribution in [0.15, 0.2) is 120 Å². The van der Waals surface area contributed by atoms with E-state index in [0.717, 1.165) is 0 Å². The predicted octanol–water partition coefficient (Wildman–Crippen LogP) is 4.93. The smallest absolute Gasteiger partial charge is 0.274 e. The standard InChI is InChI=1S/C45H39N9O9/c1-22-16-31-37(61-4)32(17-22)50-41(56)26-11-8-13-28(47-26)43(58)52-34-19-24(3)21-36(39(34)63-6)54-45(60)30-15-9-14-29(48-30)44(59)53-35-20-23(2)18-33(38(35)62-5)51-42(57)27-12-7-10-25(46-27)40(55)49-31/h7-21H,1-6H3,(H,49,55)(H,50,56)(H,51,57)(H,52,58)(H,53,59)(H,54,60). The SMILES string of the molecule is COc1c2cc(C)cc1[nH]c(=O)c1cccc(n1)c(=O)[nH]c1cc(C)cc([nH]c(=O)c3cccc(n3)c(=O)[nH]c3cc(C)cc([nH]c(=O)c4cccc(n4)c(=O)[nH]2)c3OC)c1OC. The average molecular weight is 850 g/mol. The number of hydrogen-bond donors (Lipinski definition) is 6. The molecule has 0 amide bonds. The summed E-state index contributed by atoms with van der Waals surface area (Å²) in [7, 11) is 4.07. The molecule has 18 nitrogen and oxygen atoms in total. The van der Waals surface area contributed by atoms with E-state index in [1.54, 1.807) is 57.2 Å². The van der Waals surface area contributed by atoms with Crippen molar-refractivity contribution in [2.75, 3.05) is 21.3 Å². The first-order valence-corrected chi connectivity index (χ1v) is 19.1. The molecule has 0 saturated carbocycles. The number of ether oxygens (including phenoxy) is 3. The Bertz CT molecular complexity index is 3130. The lowest BCUT2D eigenvalue weighted by Crippen LogP contribution is -2.11. The molecule has 0 aliphatic carbocycles. The lowest BCUT2D eigenvalue weighted by molar-refractivity contribution is 0.422. The van der Waals surface area contributed by atoms with E-state index in [4.69, 9.17) is 14.2 Å². The number of hydrogen-bond acceptors (Lipinski definition) is 12. The molecular formula is C45H39N9O9. The summed E-state index contributed by atoms with van der Waals surface area (Å²) < 4.78 is 16.9. The summed E-state index contributed by atoms with van der Waals surface area (Å²) >= 11 is 0. The lowest BCUT2D eigenvalue weighted by Gasteiger charge is -2.05. The van der Waals surface area contributed by atoms with Crippen LogP contribution in [-0.4, -0.2) is 66.2 Å². The van der Waals surface area contributed by atoms with Crippen molar-refractivity contribution in [3.63, 3.8) is 0 Å². The van der Waals surface area contributed by atoms with E-state index in [9.17, 15) is 28.8 Å². The number of aromatic amines is 6. The first kappa shape index (κ1) is 42.5. The Morgan fingerprint density at radius 2 is 0.508 bits per heavy atom. The van der Waals surface area contributed by atoms with Crippen molar-refractivity contribution in [1.29, 1.82) is 0 Å². The molecule has 4 aromatic heterocycles. The maximum absolute atomic E-state index is 13.7. The van der Waals surface area contributed by atoms with Crippen molar-refractivity contribution in [3.8, 4) is 17.2 Å². The van der Waals surface area contributed by atoms with Gasteiger partial charge in [-0.15, -0.1) is 0 Å². The molecule has 0 unspecified atom stereocenters. The van der Waals surface area contributed by atoms with Gasteiger partial charge in [0.25, 0.3) is 33.4 Å². The molecule has 6 N–H and O–H groups in total. The zero-order valence-electron chi connectivity index (χ0n) is 34.7. The molecule has 63 heavy (non-hydrogen) atoms. The van der Waals surface area contributed by atoms with E-state index in [0.29, 0.717) is 16.7 Å². The third kappa shape index (κ3) is 9.24. The van der Waals surface area contributed by atoms with Crippen molar-refractivity contribution >= 4 is 66.2 Å². The molecule has 0 radical (unpaired) electrons. The zero-order valence-corrected chi connectivity index (χ0v) is 34.7. The number of pyridine rings is 3. The molecule has 0 aliphatic rings. The largest absolute Gasteiger partial charge is 0.492 e. The second-order valence-electron chi connectivity index (χ2n) is 14.1. The fraction of sp³-hybridized carbons (Fsp3) is 0.133. The third-order valence-electron chi connectivity index (χ3n) is 9.44. The molecular weight excluding hydrogens is 811 g/mol. The van der Waals surface area contributed by atoms with Gasteiger partial charge in [0.2, 0.25) is 0 Å². The topological polar surface area (TPSA) is 264 Å². The second-order valence-corrected chi connectivity index (χ2v) is 14.1. The van der Waals surface area contributed by atoms with Crippen molar-refractivity contribution in [1.82, 2.24) is 44.9 Å². The van der Waals surface area contributed by atoms with Crippen molar-refractivity contribution in [2.24, 2.45) is 0 Å². The molecule has 318 valence electrons. The van der Waals surface area contributed by atoms with Crippen LogP contribution in [0.1, 0.15) is 16.7 Å². The number of nitrogens with zero attached hydrogens (tertiary/aromatic N) is 3. The third-order valence-corrected chi connectivity index (χ3v) is 9.44. The van der Waals surface area contributed by atoms with Crippen molar-refractivity contribution in [3.05, 3.63) is 170 Å². The maximum Gasteiger partial charge on any atom is 0.274 e. The summed E-state index contributed by atoms with van der Waals surface area (Å²) in [6, 6.07) is 22.7. The first-order valence-electron chi connectivity index (χ1n) is 19.1. The average Bonchev–Trinajstić information content (AvgIpc) is 3.26. The Morgan fingerprint density at radius 1 is 0.333 bits per heavy atom. The first-order chi connectivity index (χ1) is 30.2. The number of H-pyrrole nitrogens is 6. The van der Waals surface area contributed by atoms with Gasteiger partial charge in [-0.25, -0.2) is 15.0 Å². The quantitative estimate of drug-likeness (QED) is 0.138. The highest BCUT2D eigenvalue weighted by Gasteiger charge is 2.09. The van der Waals surface area contributed by atoms with Gasteiger partial charge in [-0.05, 0) is 110 Å². The summed E-state index contributed by atoms with van der Waals surface area (Å²) in [6.45, 7) is 5.22. The number of fused-ring (bicyclic) bond motifs is 12. The monoisotopic (exact) mass is 849 g/mol. The fourth-order valence-corrected chi connectivity index (χ4v) is 6.72. The minimum atomic E-state index is -0.698. The lowest BCUT2D eigenvalue weighted by atomic mass is 10.2. The number of rotatable bonds is 3. The Morgan fingerprint density at radius 3 is 0.667 bits per heavy atom. The second kappa shape index (κ2) is 17.9. The van der Waals surface area contributed by atoms with Crippen LogP contribution in [0.5, 0.6) is 17.2 Å². The van der Waals surface area contributed by atoms with Crippen LogP contribution < -0.4 is 47.6 Å². The Kier molecular flexibility index (Phi) is 12.1. The summed E-state index contributed by atoms with van der Waals surface area (Å²) in [5.41, 5.74) is -1.96. The molecule has 0 aliphatic heterocycles. The maximum atomic E-state index is 13.7. The number of aryl methyl sites for hydroxylation is 3. The highest BCUT2D eigenvalue weighted by Crippen LogP contribution is 2.25. The molecule has 12 bridgehead atoms. The van der Waals surface area contributed by atoms with E-state index >= 15 is 0 Å². The molecule has 0 spiro atoms. The van der Waals surface area contributed by atoms with E-state index in [1.165, 1.54) is 75.9 Å². The highest BCUT2D eigenvalue weighted by atomic mass is 16.5. The Balaban J connectivity index is 1.64. The number of methoxy groups -OCH3 is 3. The van der Waals surface area contributed by atoms with Gasteiger partial charge in [0.1, 0.15) is 33.1 Å². The highest BCUT2D eigenvalue weighted by molar-refractivity contribution is 5.78. The van der Waals surface area contributed by atoms with Gasteiger partial charge in [0.15, 0.2) is 17.2 Å². The van der Waals surface area contributed by atoms with E-state index in [-0.39, 0.29) is 83.4 Å². The van der Waals surface area contributed by atoms with Crippen LogP contribution in [0.4, 0.5) is 0 Å². The Hall–Kier alpha value is -8.67. The Labute approximate surface area is 353 Å². The van der Waals surface area contributed by atoms with Gasteiger partial charge in [-0.2, -0.15) is 0 Å². The van der Waals surface area contributed by atoms with Crippen molar-refractivity contribution in [2.45, 2.75) is 20.8 Å². The summed E-state index contributed by atoms with van der Waals surface area (Å²) in [6.07, 6.45) is 0. The molecule has 0 saturated heterocycles. The van der Waals surface area contributed by atoms with Gasteiger partial charge in [-0.3, -0.25) is 28.8 Å². The molecule has 7 rings (SSSR count). The van der Waals surface area contributed by atoms with Gasteiger partial charge in [0, 0.05) is 0 Å². The number of nitrogens with one attached hydrogen (secondary N) is 6. The fourth-order valence-electron chi connectivity index (χ4n) is 6.72. The van der Waals surface area contributed by atoms with Crippen LogP contribution in [0.3, 0.4) is 0 Å². The molecule has 4 heterocycles. The van der Waals surface area contributed by atoms with Gasteiger partial charge < -0.3 is 44.1 Å². The van der Waals surface area contributed by atoms with Crippen LogP contribution in [0, 0.1) is 20.8 Å². The summed E-state index contributed by atoms with van der Waals surface area (Å²) in [5, 5.41) is 0. The minimum absolute atomic E-state index is 0.0941. The van der Waals surface area contributed by atoms with Gasteiger partial charge in [0.05, 0.1) is 54.4 Å². The van der Waals surface area contributed by atoms with Crippen LogP contribution in [0.25, 0.3) is 66.2 Å². The molecule has 7 aromatic rings. The summed E-state index contributed by atoms with van der Waals surface area (Å²) in [4.78, 5) is 111. The minimum Gasteiger partial charge on any atom is -0.492 e. The van der Waals surface area contributed by atoms with E-state index in [1.807, 2.05) is 0 Å². The van der Waals surface area contributed by atoms with Crippen LogP contribution in [0.2, 0.25) is 0 Å². The van der Waals surface area contributed by atoms with Crippen LogP contribution >= 0.6 is 0 Å². The molecule has 0 atom stereocenters. The van der Waals surface area contributed by atoms with Gasteiger partial charge >= 0.3 is 0 Å². The van der Waals surface area contributed by atoms with E-state index in [2.05, 4.69) is 44.9 Å².